The Hall–Kier alpha value is -2.74. The lowest BCUT2D eigenvalue weighted by atomic mass is 9.91. The maximum atomic E-state index is 13.0. The number of pyridine rings is 1. The summed E-state index contributed by atoms with van der Waals surface area (Å²) in [5, 5.41) is 3.44. The molecule has 1 amide bonds. The molecule has 5 nitrogen and oxygen atoms in total. The molecule has 1 aliphatic carbocycles. The third kappa shape index (κ3) is 4.23. The number of aryl methyl sites for hydroxylation is 1. The second-order valence-corrected chi connectivity index (χ2v) is 8.15. The first-order valence-electron chi connectivity index (χ1n) is 10.0. The van der Waals surface area contributed by atoms with E-state index in [0.717, 1.165) is 37.1 Å². The summed E-state index contributed by atoms with van der Waals surface area (Å²) >= 11 is 5.43. The van der Waals surface area contributed by atoms with Gasteiger partial charge in [0.1, 0.15) is 17.2 Å². The van der Waals surface area contributed by atoms with Crippen LogP contribution in [0.2, 0.25) is 0 Å². The van der Waals surface area contributed by atoms with Crippen molar-refractivity contribution in [2.45, 2.75) is 51.1 Å². The van der Waals surface area contributed by atoms with Gasteiger partial charge in [0.05, 0.1) is 5.56 Å². The molecule has 8 heteroatoms. The van der Waals surface area contributed by atoms with Crippen LogP contribution >= 0.6 is 0 Å². The Morgan fingerprint density at radius 3 is 2.53 bits per heavy atom. The minimum Gasteiger partial charge on any atom is -0.368 e. The van der Waals surface area contributed by atoms with Crippen molar-refractivity contribution in [3.63, 3.8) is 0 Å². The lowest BCUT2D eigenvalue weighted by Gasteiger charge is -2.26. The fourth-order valence-corrected chi connectivity index (χ4v) is 4.22. The molecule has 0 radical (unpaired) electrons. The van der Waals surface area contributed by atoms with E-state index in [1.165, 1.54) is 10.1 Å². The molecule has 1 saturated carbocycles. The summed E-state index contributed by atoms with van der Waals surface area (Å²) < 4.78 is 29.1. The van der Waals surface area contributed by atoms with Crippen molar-refractivity contribution in [2.24, 2.45) is 0 Å². The second-order valence-electron chi connectivity index (χ2n) is 7.75. The number of rotatable bonds is 5. The largest absolute Gasteiger partial charge is 0.433 e. The Kier molecular flexibility index (Phi) is 5.85. The van der Waals surface area contributed by atoms with Crippen LogP contribution < -0.4 is 5.32 Å². The number of carbonyl (C=O) groups excluding carboxylic acids is 1. The number of nitrogens with one attached hydrogen (secondary N) is 1. The first-order valence-corrected chi connectivity index (χ1v) is 10.4. The lowest BCUT2D eigenvalue weighted by Crippen LogP contribution is -2.37. The van der Waals surface area contributed by atoms with Crippen molar-refractivity contribution in [1.29, 1.82) is 0 Å². The molecule has 3 aromatic rings. The Morgan fingerprint density at radius 2 is 1.87 bits per heavy atom. The molecule has 4 rings (SSSR count). The van der Waals surface area contributed by atoms with Crippen LogP contribution in [0.4, 0.5) is 14.6 Å². The van der Waals surface area contributed by atoms with Crippen LogP contribution in [0.25, 0.3) is 5.65 Å². The maximum Gasteiger partial charge on any atom is 0.433 e. The summed E-state index contributed by atoms with van der Waals surface area (Å²) in [6.45, 7) is 1.98. The minimum atomic E-state index is -2.60. The maximum absolute atomic E-state index is 13.0. The fraction of sp³-hybridized carbons (Fsp3) is 0.364. The molecular weight excluding hydrogens is 406 g/mol. The van der Waals surface area contributed by atoms with Gasteiger partial charge in [0, 0.05) is 25.1 Å². The molecule has 0 aliphatic heterocycles. The van der Waals surface area contributed by atoms with E-state index >= 15 is 0 Å². The van der Waals surface area contributed by atoms with Crippen LogP contribution in [-0.4, -0.2) is 31.3 Å². The summed E-state index contributed by atoms with van der Waals surface area (Å²) in [7, 11) is 0. The zero-order valence-electron chi connectivity index (χ0n) is 16.6. The first kappa shape index (κ1) is 20.5. The summed E-state index contributed by atoms with van der Waals surface area (Å²) in [4.78, 5) is 16.6. The number of benzene rings is 1. The third-order valence-corrected chi connectivity index (χ3v) is 6.08. The monoisotopic (exact) mass is 429 g/mol. The van der Waals surface area contributed by atoms with Crippen molar-refractivity contribution in [3.05, 3.63) is 65.5 Å². The topological polar surface area (TPSA) is 49.4 Å². The standard InChI is InChI=1S/C22H23F2N4OS/c1-14-5-7-15(8-6-14)22(29)28(30)17-11-9-16(10-12-17)25-19-3-2-4-20-26-18(21(23)24)13-27(19)20/h2-8,13,16-17,21,25H,9-12H2,1H3/q+1. The zero-order valence-corrected chi connectivity index (χ0v) is 17.4. The molecule has 156 valence electrons. The number of carbonyl (C=O) groups is 1. The first-order chi connectivity index (χ1) is 14.4. The van der Waals surface area contributed by atoms with E-state index in [9.17, 15) is 13.6 Å². The lowest BCUT2D eigenvalue weighted by molar-refractivity contribution is -0.448. The SMILES string of the molecule is Cc1ccc(C(=O)[N+](=S)C2CCC(Nc3cccc4nc(C(F)F)cn34)CC2)cc1. The van der Waals surface area contributed by atoms with E-state index in [0.29, 0.717) is 11.2 Å². The summed E-state index contributed by atoms with van der Waals surface area (Å²) in [6, 6.07) is 13.0. The van der Waals surface area contributed by atoms with Gasteiger partial charge in [-0.05, 0) is 44.0 Å². The molecule has 0 atom stereocenters. The summed E-state index contributed by atoms with van der Waals surface area (Å²) in [6.07, 6.45) is 2.04. The average Bonchev–Trinajstić information content (AvgIpc) is 3.20. The second kappa shape index (κ2) is 8.55. The normalized spacial score (nSPS) is 19.2. The molecule has 0 saturated heterocycles. The van der Waals surface area contributed by atoms with Crippen molar-refractivity contribution in [1.82, 2.24) is 9.38 Å². The van der Waals surface area contributed by atoms with Crippen molar-refractivity contribution in [3.8, 4) is 0 Å². The van der Waals surface area contributed by atoms with Gasteiger partial charge in [0.25, 0.3) is 18.9 Å². The predicted molar refractivity (Wildman–Crippen MR) is 113 cm³/mol. The van der Waals surface area contributed by atoms with Crippen LogP contribution in [0.5, 0.6) is 0 Å². The van der Waals surface area contributed by atoms with E-state index in [4.69, 9.17) is 12.4 Å². The van der Waals surface area contributed by atoms with Crippen LogP contribution in [-0.2, 0) is 12.4 Å². The predicted octanol–water partition coefficient (Wildman–Crippen LogP) is 4.89. The van der Waals surface area contributed by atoms with E-state index in [-0.39, 0.29) is 23.7 Å². The highest BCUT2D eigenvalue weighted by atomic mass is 32.1. The fourth-order valence-electron chi connectivity index (χ4n) is 3.91. The number of hydrogen-bond donors (Lipinski definition) is 1. The van der Waals surface area contributed by atoms with Crippen molar-refractivity contribution >= 4 is 29.8 Å². The summed E-state index contributed by atoms with van der Waals surface area (Å²) in [5.41, 5.74) is 1.97. The molecule has 30 heavy (non-hydrogen) atoms. The number of aromatic nitrogens is 2. The Labute approximate surface area is 178 Å². The van der Waals surface area contributed by atoms with Crippen molar-refractivity contribution < 1.29 is 17.5 Å². The Balaban J connectivity index is 1.39. The van der Waals surface area contributed by atoms with Gasteiger partial charge in [-0.15, -0.1) is 0 Å². The number of amides is 1. The molecular formula is C22H23F2N4OS+. The molecule has 2 heterocycles. The Bertz CT molecular complexity index is 1070. The molecule has 0 bridgehead atoms. The molecule has 1 fully saturated rings. The number of imidazole rings is 1. The van der Waals surface area contributed by atoms with Gasteiger partial charge in [-0.1, -0.05) is 27.7 Å². The number of alkyl halides is 2. The molecule has 2 aromatic heterocycles. The number of halogens is 2. The van der Waals surface area contributed by atoms with Gasteiger partial charge in [-0.2, -0.15) is 0 Å². The van der Waals surface area contributed by atoms with Gasteiger partial charge >= 0.3 is 5.91 Å². The number of anilines is 1. The van der Waals surface area contributed by atoms with E-state index < -0.39 is 6.43 Å². The summed E-state index contributed by atoms with van der Waals surface area (Å²) in [5.74, 6) is 0.602. The third-order valence-electron chi connectivity index (χ3n) is 5.61. The number of nitrogens with zero attached hydrogens (tertiary/aromatic N) is 3. The number of fused-ring (bicyclic) bond motifs is 1. The van der Waals surface area contributed by atoms with E-state index in [1.807, 2.05) is 37.3 Å². The van der Waals surface area contributed by atoms with Gasteiger partial charge in [0.2, 0.25) is 0 Å². The molecule has 1 aromatic carbocycles. The highest BCUT2D eigenvalue weighted by Gasteiger charge is 2.34. The van der Waals surface area contributed by atoms with E-state index in [1.54, 1.807) is 16.5 Å². The molecule has 1 aliphatic rings. The van der Waals surface area contributed by atoms with Crippen LogP contribution in [0.3, 0.4) is 0 Å². The zero-order chi connectivity index (χ0) is 21.3. The van der Waals surface area contributed by atoms with Gasteiger partial charge in [-0.25, -0.2) is 18.6 Å². The van der Waals surface area contributed by atoms with Gasteiger partial charge in [-0.3, -0.25) is 4.40 Å². The highest BCUT2D eigenvalue weighted by molar-refractivity contribution is 7.44. The smallest absolute Gasteiger partial charge is 0.368 e. The minimum absolute atomic E-state index is 0.0151. The van der Waals surface area contributed by atoms with Crippen LogP contribution in [0.15, 0.2) is 48.7 Å². The quantitative estimate of drug-likeness (QED) is 0.587. The number of hydrogen-bond acceptors (Lipinski definition) is 4. The molecule has 1 N–H and O–H groups in total. The highest BCUT2D eigenvalue weighted by Crippen LogP contribution is 2.26. The van der Waals surface area contributed by atoms with Gasteiger partial charge < -0.3 is 5.32 Å². The molecule has 0 unspecified atom stereocenters. The van der Waals surface area contributed by atoms with Gasteiger partial charge in [0.15, 0.2) is 6.04 Å². The molecule has 0 spiro atoms. The van der Waals surface area contributed by atoms with E-state index in [2.05, 4.69) is 10.3 Å². The van der Waals surface area contributed by atoms with Crippen molar-refractivity contribution in [2.75, 3.05) is 5.32 Å². The Morgan fingerprint density at radius 1 is 1.17 bits per heavy atom. The van der Waals surface area contributed by atoms with Crippen LogP contribution in [0, 0.1) is 6.92 Å². The average molecular weight is 430 g/mol. The van der Waals surface area contributed by atoms with Crippen LogP contribution in [0.1, 0.15) is 53.7 Å².